The average Bonchev–Trinajstić information content (AvgIpc) is 2.28. The van der Waals surface area contributed by atoms with Crippen LogP contribution in [-0.4, -0.2) is 18.0 Å². The Morgan fingerprint density at radius 2 is 2.19 bits per heavy atom. The summed E-state index contributed by atoms with van der Waals surface area (Å²) in [6, 6.07) is 4.30. The molecule has 0 atom stereocenters. The molecular weight excluding hydrogens is 210 g/mol. The SMILES string of the molecule is CC=Cc1c(C(=O)OC)cccc1[N+](=O)[O-]. The first-order valence-electron chi connectivity index (χ1n) is 4.60. The van der Waals surface area contributed by atoms with Gasteiger partial charge in [-0.3, -0.25) is 10.1 Å². The predicted octanol–water partition coefficient (Wildman–Crippen LogP) is 2.41. The first-order valence-corrected chi connectivity index (χ1v) is 4.60. The summed E-state index contributed by atoms with van der Waals surface area (Å²) in [5.41, 5.74) is 0.345. The summed E-state index contributed by atoms with van der Waals surface area (Å²) in [6.45, 7) is 1.72. The van der Waals surface area contributed by atoms with E-state index >= 15 is 0 Å². The van der Waals surface area contributed by atoms with Gasteiger partial charge in [0.05, 0.1) is 23.2 Å². The van der Waals surface area contributed by atoms with Crippen molar-refractivity contribution in [3.05, 3.63) is 45.5 Å². The Morgan fingerprint density at radius 1 is 1.50 bits per heavy atom. The van der Waals surface area contributed by atoms with Crippen molar-refractivity contribution in [1.82, 2.24) is 0 Å². The number of rotatable bonds is 3. The Hall–Kier alpha value is -2.17. The van der Waals surface area contributed by atoms with Gasteiger partial charge in [-0.25, -0.2) is 4.79 Å². The van der Waals surface area contributed by atoms with Crippen LogP contribution in [0.2, 0.25) is 0 Å². The first-order chi connectivity index (χ1) is 7.61. The summed E-state index contributed by atoms with van der Waals surface area (Å²) >= 11 is 0. The Kier molecular flexibility index (Phi) is 3.77. The van der Waals surface area contributed by atoms with E-state index < -0.39 is 10.9 Å². The highest BCUT2D eigenvalue weighted by Crippen LogP contribution is 2.24. The molecule has 0 radical (unpaired) electrons. The van der Waals surface area contributed by atoms with Gasteiger partial charge < -0.3 is 4.74 Å². The Morgan fingerprint density at radius 3 is 2.69 bits per heavy atom. The van der Waals surface area contributed by atoms with Crippen molar-refractivity contribution in [2.75, 3.05) is 7.11 Å². The summed E-state index contributed by atoms with van der Waals surface area (Å²) in [7, 11) is 1.24. The Bertz CT molecular complexity index is 451. The van der Waals surface area contributed by atoms with E-state index in [1.165, 1.54) is 31.4 Å². The molecule has 0 saturated heterocycles. The van der Waals surface area contributed by atoms with Crippen molar-refractivity contribution in [1.29, 1.82) is 0 Å². The summed E-state index contributed by atoms with van der Waals surface area (Å²) in [5.74, 6) is -0.586. The number of ether oxygens (including phenoxy) is 1. The van der Waals surface area contributed by atoms with Crippen LogP contribution >= 0.6 is 0 Å². The highest BCUT2D eigenvalue weighted by molar-refractivity contribution is 5.95. The van der Waals surface area contributed by atoms with Crippen LogP contribution in [0.15, 0.2) is 24.3 Å². The summed E-state index contributed by atoms with van der Waals surface area (Å²) in [6.07, 6.45) is 3.15. The van der Waals surface area contributed by atoms with E-state index in [1.807, 2.05) is 0 Å². The second kappa shape index (κ2) is 5.06. The molecule has 0 saturated carbocycles. The minimum absolute atomic E-state index is 0.110. The van der Waals surface area contributed by atoms with Crippen molar-refractivity contribution in [2.45, 2.75) is 6.92 Å². The fourth-order valence-corrected chi connectivity index (χ4v) is 1.34. The number of methoxy groups -OCH3 is 1. The molecule has 0 heterocycles. The third kappa shape index (κ3) is 2.25. The molecule has 0 amide bonds. The fourth-order valence-electron chi connectivity index (χ4n) is 1.34. The average molecular weight is 221 g/mol. The third-order valence-electron chi connectivity index (χ3n) is 2.02. The number of carbonyl (C=O) groups excluding carboxylic acids is 1. The number of nitrogens with zero attached hydrogens (tertiary/aromatic N) is 1. The van der Waals surface area contributed by atoms with Gasteiger partial charge in [0.1, 0.15) is 0 Å². The minimum Gasteiger partial charge on any atom is -0.465 e. The number of carbonyl (C=O) groups is 1. The maximum absolute atomic E-state index is 11.4. The number of nitro benzene ring substituents is 1. The van der Waals surface area contributed by atoms with Gasteiger partial charge in [-0.2, -0.15) is 0 Å². The summed E-state index contributed by atoms with van der Waals surface area (Å²) < 4.78 is 4.56. The lowest BCUT2D eigenvalue weighted by atomic mass is 10.0. The van der Waals surface area contributed by atoms with Gasteiger partial charge in [0, 0.05) is 6.07 Å². The quantitative estimate of drug-likeness (QED) is 0.446. The maximum atomic E-state index is 11.4. The van der Waals surface area contributed by atoms with Gasteiger partial charge in [0.15, 0.2) is 0 Å². The van der Waals surface area contributed by atoms with Crippen LogP contribution in [0.4, 0.5) is 5.69 Å². The molecule has 0 aliphatic heterocycles. The predicted molar refractivity (Wildman–Crippen MR) is 59.1 cm³/mol. The second-order valence-electron chi connectivity index (χ2n) is 2.99. The Balaban J connectivity index is 3.44. The lowest BCUT2D eigenvalue weighted by Gasteiger charge is -2.04. The molecule has 0 fully saturated rings. The normalized spacial score (nSPS) is 10.4. The molecule has 1 aromatic rings. The zero-order valence-electron chi connectivity index (χ0n) is 8.97. The number of hydrogen-bond donors (Lipinski definition) is 0. The number of nitro groups is 1. The number of hydrogen-bond acceptors (Lipinski definition) is 4. The first kappa shape index (κ1) is 11.9. The smallest absolute Gasteiger partial charge is 0.338 e. The molecule has 1 aromatic carbocycles. The van der Waals surface area contributed by atoms with E-state index in [-0.39, 0.29) is 16.8 Å². The van der Waals surface area contributed by atoms with Gasteiger partial charge in [-0.1, -0.05) is 18.2 Å². The van der Waals surface area contributed by atoms with E-state index in [9.17, 15) is 14.9 Å². The van der Waals surface area contributed by atoms with Crippen molar-refractivity contribution in [3.8, 4) is 0 Å². The summed E-state index contributed by atoms with van der Waals surface area (Å²) in [5, 5.41) is 10.8. The van der Waals surface area contributed by atoms with Gasteiger partial charge in [-0.05, 0) is 13.0 Å². The van der Waals surface area contributed by atoms with Crippen molar-refractivity contribution in [3.63, 3.8) is 0 Å². The second-order valence-corrected chi connectivity index (χ2v) is 2.99. The molecule has 0 aliphatic rings. The van der Waals surface area contributed by atoms with E-state index in [0.29, 0.717) is 0 Å². The number of benzene rings is 1. The highest BCUT2D eigenvalue weighted by atomic mass is 16.6. The molecule has 5 nitrogen and oxygen atoms in total. The molecule has 16 heavy (non-hydrogen) atoms. The van der Waals surface area contributed by atoms with Crippen LogP contribution in [-0.2, 0) is 4.74 Å². The molecule has 1 rings (SSSR count). The topological polar surface area (TPSA) is 69.4 Å². The number of allylic oxidation sites excluding steroid dienone is 1. The third-order valence-corrected chi connectivity index (χ3v) is 2.02. The van der Waals surface area contributed by atoms with Crippen LogP contribution in [0.1, 0.15) is 22.8 Å². The molecule has 0 aromatic heterocycles. The van der Waals surface area contributed by atoms with E-state index in [2.05, 4.69) is 4.74 Å². The van der Waals surface area contributed by atoms with Crippen LogP contribution in [0.25, 0.3) is 6.08 Å². The lowest BCUT2D eigenvalue weighted by Crippen LogP contribution is -2.05. The molecule has 5 heteroatoms. The molecule has 0 N–H and O–H groups in total. The van der Waals surface area contributed by atoms with Crippen molar-refractivity contribution in [2.24, 2.45) is 0 Å². The monoisotopic (exact) mass is 221 g/mol. The zero-order valence-corrected chi connectivity index (χ0v) is 8.97. The van der Waals surface area contributed by atoms with Crippen molar-refractivity contribution < 1.29 is 14.5 Å². The van der Waals surface area contributed by atoms with Gasteiger partial charge >= 0.3 is 5.97 Å². The van der Waals surface area contributed by atoms with Crippen LogP contribution in [0.5, 0.6) is 0 Å². The molecule has 0 aliphatic carbocycles. The molecule has 0 unspecified atom stereocenters. The molecule has 0 spiro atoms. The maximum Gasteiger partial charge on any atom is 0.338 e. The van der Waals surface area contributed by atoms with Crippen LogP contribution in [0.3, 0.4) is 0 Å². The van der Waals surface area contributed by atoms with Gasteiger partial charge in [-0.15, -0.1) is 0 Å². The minimum atomic E-state index is -0.586. The van der Waals surface area contributed by atoms with Gasteiger partial charge in [0.25, 0.3) is 5.69 Å². The van der Waals surface area contributed by atoms with E-state index in [1.54, 1.807) is 13.0 Å². The highest BCUT2D eigenvalue weighted by Gasteiger charge is 2.19. The molecular formula is C11H11NO4. The summed E-state index contributed by atoms with van der Waals surface area (Å²) in [4.78, 5) is 21.7. The molecule has 0 bridgehead atoms. The van der Waals surface area contributed by atoms with Crippen LogP contribution in [0, 0.1) is 10.1 Å². The van der Waals surface area contributed by atoms with Crippen molar-refractivity contribution >= 4 is 17.7 Å². The van der Waals surface area contributed by atoms with E-state index in [4.69, 9.17) is 0 Å². The fraction of sp³-hybridized carbons (Fsp3) is 0.182. The van der Waals surface area contributed by atoms with Crippen LogP contribution < -0.4 is 0 Å². The number of esters is 1. The molecule has 84 valence electrons. The largest absolute Gasteiger partial charge is 0.465 e. The lowest BCUT2D eigenvalue weighted by molar-refractivity contribution is -0.385. The van der Waals surface area contributed by atoms with E-state index in [0.717, 1.165) is 0 Å². The van der Waals surface area contributed by atoms with Gasteiger partial charge in [0.2, 0.25) is 0 Å². The zero-order chi connectivity index (χ0) is 12.1. The Labute approximate surface area is 92.5 Å². The standard InChI is InChI=1S/C11H11NO4/c1-3-5-8-9(11(13)16-2)6-4-7-10(8)12(14)15/h3-7H,1-2H3.